The van der Waals surface area contributed by atoms with E-state index < -0.39 is 0 Å². The lowest BCUT2D eigenvalue weighted by Crippen LogP contribution is -2.24. The van der Waals surface area contributed by atoms with Crippen molar-refractivity contribution in [1.82, 2.24) is 5.32 Å². The van der Waals surface area contributed by atoms with Crippen LogP contribution in [0.25, 0.3) is 0 Å². The lowest BCUT2D eigenvalue weighted by atomic mass is 10.1. The van der Waals surface area contributed by atoms with Gasteiger partial charge in [-0.2, -0.15) is 0 Å². The maximum Gasteiger partial charge on any atom is 0.255 e. The van der Waals surface area contributed by atoms with Gasteiger partial charge < -0.3 is 15.4 Å². The van der Waals surface area contributed by atoms with E-state index in [9.17, 15) is 9.59 Å². The number of para-hydroxylation sites is 2. The largest absolute Gasteiger partial charge is 0.489 e. The summed E-state index contributed by atoms with van der Waals surface area (Å²) in [4.78, 5) is 24.6. The first-order valence-corrected chi connectivity index (χ1v) is 8.46. The molecule has 0 atom stereocenters. The van der Waals surface area contributed by atoms with Crippen LogP contribution in [0, 0.1) is 0 Å². The average Bonchev–Trinajstić information content (AvgIpc) is 2.61. The molecular formula is C20H24N2O3. The standard InChI is InChI=1S/C20H24N2O3/c1-4-12-21-19(23)15-8-7-9-16(13-15)20(24)22-17-10-5-6-11-18(17)25-14(2)3/h5-11,13-14H,4,12H2,1-3H3,(H,21,23)(H,22,24). The Kier molecular flexibility index (Phi) is 6.57. The Bertz CT molecular complexity index is 741. The minimum atomic E-state index is -0.287. The Hall–Kier alpha value is -2.82. The normalized spacial score (nSPS) is 10.4. The molecular weight excluding hydrogens is 316 g/mol. The van der Waals surface area contributed by atoms with Gasteiger partial charge in [-0.15, -0.1) is 0 Å². The summed E-state index contributed by atoms with van der Waals surface area (Å²) in [7, 11) is 0. The second kappa shape index (κ2) is 8.87. The molecule has 0 saturated heterocycles. The molecule has 2 aromatic rings. The highest BCUT2D eigenvalue weighted by molar-refractivity contribution is 6.06. The van der Waals surface area contributed by atoms with Crippen LogP contribution in [0.5, 0.6) is 5.75 Å². The number of amides is 2. The maximum atomic E-state index is 12.5. The van der Waals surface area contributed by atoms with Gasteiger partial charge in [-0.25, -0.2) is 0 Å². The van der Waals surface area contributed by atoms with E-state index in [0.717, 1.165) is 6.42 Å². The molecule has 2 rings (SSSR count). The van der Waals surface area contributed by atoms with Crippen molar-refractivity contribution in [2.75, 3.05) is 11.9 Å². The number of carbonyl (C=O) groups is 2. The summed E-state index contributed by atoms with van der Waals surface area (Å²) in [6.45, 7) is 6.45. The van der Waals surface area contributed by atoms with Gasteiger partial charge in [0.1, 0.15) is 5.75 Å². The highest BCUT2D eigenvalue weighted by Gasteiger charge is 2.13. The lowest BCUT2D eigenvalue weighted by Gasteiger charge is -2.15. The fourth-order valence-corrected chi connectivity index (χ4v) is 2.26. The van der Waals surface area contributed by atoms with E-state index >= 15 is 0 Å². The number of carbonyl (C=O) groups excluding carboxylic acids is 2. The molecule has 0 saturated carbocycles. The molecule has 0 aliphatic heterocycles. The van der Waals surface area contributed by atoms with Gasteiger partial charge in [-0.05, 0) is 50.6 Å². The fourth-order valence-electron chi connectivity index (χ4n) is 2.26. The number of rotatable bonds is 7. The number of ether oxygens (including phenoxy) is 1. The summed E-state index contributed by atoms with van der Waals surface area (Å²) >= 11 is 0. The zero-order valence-electron chi connectivity index (χ0n) is 14.8. The molecule has 2 amide bonds. The molecule has 0 spiro atoms. The van der Waals surface area contributed by atoms with E-state index in [4.69, 9.17) is 4.74 Å². The molecule has 5 heteroatoms. The Morgan fingerprint density at radius 2 is 1.68 bits per heavy atom. The number of hydrogen-bond donors (Lipinski definition) is 2. The molecule has 0 heterocycles. The van der Waals surface area contributed by atoms with Gasteiger partial charge >= 0.3 is 0 Å². The van der Waals surface area contributed by atoms with Crippen molar-refractivity contribution in [3.63, 3.8) is 0 Å². The molecule has 0 unspecified atom stereocenters. The molecule has 0 radical (unpaired) electrons. The summed E-state index contributed by atoms with van der Waals surface area (Å²) < 4.78 is 5.71. The van der Waals surface area contributed by atoms with Gasteiger partial charge in [0.25, 0.3) is 11.8 Å². The monoisotopic (exact) mass is 340 g/mol. The third-order valence-electron chi connectivity index (χ3n) is 3.42. The second-order valence-corrected chi connectivity index (χ2v) is 5.95. The number of anilines is 1. The Balaban J connectivity index is 2.15. The van der Waals surface area contributed by atoms with Gasteiger partial charge in [-0.3, -0.25) is 9.59 Å². The first-order chi connectivity index (χ1) is 12.0. The maximum absolute atomic E-state index is 12.5. The predicted molar refractivity (Wildman–Crippen MR) is 99.2 cm³/mol. The number of nitrogens with one attached hydrogen (secondary N) is 2. The SMILES string of the molecule is CCCNC(=O)c1cccc(C(=O)Nc2ccccc2OC(C)C)c1. The predicted octanol–water partition coefficient (Wildman–Crippen LogP) is 3.87. The third kappa shape index (κ3) is 5.35. The van der Waals surface area contributed by atoms with E-state index in [1.807, 2.05) is 39.0 Å². The van der Waals surface area contributed by atoms with Crippen molar-refractivity contribution >= 4 is 17.5 Å². The Labute approximate surface area is 148 Å². The van der Waals surface area contributed by atoms with Crippen LogP contribution in [-0.4, -0.2) is 24.5 Å². The smallest absolute Gasteiger partial charge is 0.255 e. The van der Waals surface area contributed by atoms with E-state index in [0.29, 0.717) is 29.1 Å². The van der Waals surface area contributed by atoms with Crippen LogP contribution in [0.15, 0.2) is 48.5 Å². The van der Waals surface area contributed by atoms with E-state index in [1.165, 1.54) is 0 Å². The van der Waals surface area contributed by atoms with Crippen molar-refractivity contribution in [1.29, 1.82) is 0 Å². The van der Waals surface area contributed by atoms with E-state index in [-0.39, 0.29) is 17.9 Å². The fraction of sp³-hybridized carbons (Fsp3) is 0.300. The molecule has 0 aliphatic rings. The van der Waals surface area contributed by atoms with Crippen LogP contribution in [0.4, 0.5) is 5.69 Å². The summed E-state index contributed by atoms with van der Waals surface area (Å²) in [5.41, 5.74) is 1.48. The number of benzene rings is 2. The quantitative estimate of drug-likeness (QED) is 0.804. The lowest BCUT2D eigenvalue weighted by molar-refractivity contribution is 0.0953. The summed E-state index contributed by atoms with van der Waals surface area (Å²) in [6.07, 6.45) is 0.863. The van der Waals surface area contributed by atoms with Gasteiger partial charge in [0.05, 0.1) is 11.8 Å². The Morgan fingerprint density at radius 1 is 1.00 bits per heavy atom. The molecule has 0 fully saturated rings. The van der Waals surface area contributed by atoms with Crippen molar-refractivity contribution in [2.24, 2.45) is 0 Å². The van der Waals surface area contributed by atoms with Crippen LogP contribution in [-0.2, 0) is 0 Å². The summed E-state index contributed by atoms with van der Waals surface area (Å²) in [5, 5.41) is 5.65. The molecule has 5 nitrogen and oxygen atoms in total. The van der Waals surface area contributed by atoms with E-state index in [1.54, 1.807) is 30.3 Å². The van der Waals surface area contributed by atoms with E-state index in [2.05, 4.69) is 10.6 Å². The minimum absolute atomic E-state index is 0.00337. The number of hydrogen-bond acceptors (Lipinski definition) is 3. The van der Waals surface area contributed by atoms with Crippen LogP contribution < -0.4 is 15.4 Å². The zero-order chi connectivity index (χ0) is 18.2. The zero-order valence-corrected chi connectivity index (χ0v) is 14.8. The molecule has 2 aromatic carbocycles. The summed E-state index contributed by atoms with van der Waals surface area (Å²) in [5.74, 6) is 0.146. The molecule has 0 aromatic heterocycles. The van der Waals surface area contributed by atoms with Crippen LogP contribution in [0.3, 0.4) is 0 Å². The van der Waals surface area contributed by atoms with Gasteiger partial charge in [0, 0.05) is 17.7 Å². The van der Waals surface area contributed by atoms with Gasteiger partial charge in [0.15, 0.2) is 0 Å². The van der Waals surface area contributed by atoms with Crippen molar-refractivity contribution in [3.8, 4) is 5.75 Å². The van der Waals surface area contributed by atoms with Crippen molar-refractivity contribution in [2.45, 2.75) is 33.3 Å². The molecule has 0 bridgehead atoms. The van der Waals surface area contributed by atoms with Crippen LogP contribution >= 0.6 is 0 Å². The van der Waals surface area contributed by atoms with Crippen LogP contribution in [0.1, 0.15) is 47.9 Å². The molecule has 132 valence electrons. The molecule has 25 heavy (non-hydrogen) atoms. The second-order valence-electron chi connectivity index (χ2n) is 5.95. The van der Waals surface area contributed by atoms with Crippen LogP contribution in [0.2, 0.25) is 0 Å². The van der Waals surface area contributed by atoms with Gasteiger partial charge in [-0.1, -0.05) is 25.1 Å². The first-order valence-electron chi connectivity index (χ1n) is 8.46. The minimum Gasteiger partial charge on any atom is -0.489 e. The highest BCUT2D eigenvalue weighted by Crippen LogP contribution is 2.25. The van der Waals surface area contributed by atoms with Crippen molar-refractivity contribution < 1.29 is 14.3 Å². The topological polar surface area (TPSA) is 67.4 Å². The highest BCUT2D eigenvalue weighted by atomic mass is 16.5. The van der Waals surface area contributed by atoms with Gasteiger partial charge in [0.2, 0.25) is 0 Å². The Morgan fingerprint density at radius 3 is 2.36 bits per heavy atom. The third-order valence-corrected chi connectivity index (χ3v) is 3.42. The first kappa shape index (κ1) is 18.5. The average molecular weight is 340 g/mol. The molecule has 0 aliphatic carbocycles. The summed E-state index contributed by atoms with van der Waals surface area (Å²) in [6, 6.07) is 13.9. The van der Waals surface area contributed by atoms with Crippen molar-refractivity contribution in [3.05, 3.63) is 59.7 Å². The molecule has 2 N–H and O–H groups in total.